The summed E-state index contributed by atoms with van der Waals surface area (Å²) in [4.78, 5) is 11.8. The maximum Gasteiger partial charge on any atom is 0.255 e. The summed E-state index contributed by atoms with van der Waals surface area (Å²) >= 11 is 2.30. The van der Waals surface area contributed by atoms with Crippen LogP contribution >= 0.6 is 22.6 Å². The van der Waals surface area contributed by atoms with Crippen molar-refractivity contribution >= 4 is 28.5 Å². The second kappa shape index (κ2) is 5.53. The molecule has 0 saturated heterocycles. The summed E-state index contributed by atoms with van der Waals surface area (Å²) in [6.45, 7) is 6.35. The lowest BCUT2D eigenvalue weighted by Gasteiger charge is -2.03. The van der Waals surface area contributed by atoms with Crippen LogP contribution in [0, 0.1) is 20.8 Å². The summed E-state index contributed by atoms with van der Waals surface area (Å²) < 4.78 is 6.47. The monoisotopic (exact) mass is 321 g/mol. The first-order valence-corrected chi connectivity index (χ1v) is 6.51. The van der Waals surface area contributed by atoms with Gasteiger partial charge < -0.3 is 9.73 Å². The van der Waals surface area contributed by atoms with E-state index in [1.807, 2.05) is 20.8 Å². The summed E-state index contributed by atoms with van der Waals surface area (Å²) in [6, 6.07) is 0. The maximum atomic E-state index is 11.8. The molecule has 0 saturated carbocycles. The zero-order valence-electron chi connectivity index (χ0n) is 9.32. The number of nitrogens with one attached hydrogen (secondary N) is 1. The van der Waals surface area contributed by atoms with E-state index in [-0.39, 0.29) is 5.91 Å². The van der Waals surface area contributed by atoms with E-state index < -0.39 is 0 Å². The molecule has 1 N–H and O–H groups in total. The molecule has 84 valence electrons. The van der Waals surface area contributed by atoms with Crippen LogP contribution in [-0.2, 0) is 0 Å². The zero-order valence-corrected chi connectivity index (χ0v) is 11.5. The molecule has 3 nitrogen and oxygen atoms in total. The van der Waals surface area contributed by atoms with Crippen LogP contribution in [0.5, 0.6) is 0 Å². The average molecular weight is 321 g/mol. The fourth-order valence-electron chi connectivity index (χ4n) is 1.48. The Kier molecular flexibility index (Phi) is 4.63. The zero-order chi connectivity index (χ0) is 11.4. The quantitative estimate of drug-likeness (QED) is 0.526. The van der Waals surface area contributed by atoms with Gasteiger partial charge >= 0.3 is 0 Å². The highest BCUT2D eigenvalue weighted by atomic mass is 127. The number of furan rings is 1. The molecule has 0 aromatic carbocycles. The van der Waals surface area contributed by atoms with Gasteiger partial charge in [0, 0.05) is 16.5 Å². The number of aryl methyl sites for hydroxylation is 2. The highest BCUT2D eigenvalue weighted by molar-refractivity contribution is 14.1. The summed E-state index contributed by atoms with van der Waals surface area (Å²) in [5, 5.41) is 2.89. The molecular weight excluding hydrogens is 305 g/mol. The number of alkyl halides is 1. The van der Waals surface area contributed by atoms with Crippen molar-refractivity contribution in [2.24, 2.45) is 0 Å². The lowest BCUT2D eigenvalue weighted by Crippen LogP contribution is -2.25. The molecule has 0 aliphatic carbocycles. The Bertz CT molecular complexity index is 358. The Labute approximate surface area is 104 Å². The van der Waals surface area contributed by atoms with Crippen molar-refractivity contribution in [2.45, 2.75) is 27.2 Å². The molecule has 1 rings (SSSR count). The van der Waals surface area contributed by atoms with E-state index in [0.29, 0.717) is 11.3 Å². The summed E-state index contributed by atoms with van der Waals surface area (Å²) in [5.41, 5.74) is 1.64. The molecule has 0 aliphatic heterocycles. The fraction of sp³-hybridized carbons (Fsp3) is 0.545. The van der Waals surface area contributed by atoms with Crippen molar-refractivity contribution < 1.29 is 9.21 Å². The van der Waals surface area contributed by atoms with E-state index in [0.717, 1.165) is 28.7 Å². The molecule has 1 aromatic rings. The van der Waals surface area contributed by atoms with Crippen LogP contribution in [0.15, 0.2) is 4.42 Å². The largest absolute Gasteiger partial charge is 0.466 e. The van der Waals surface area contributed by atoms with E-state index in [1.54, 1.807) is 0 Å². The number of carbonyl (C=O) groups excluding carboxylic acids is 1. The van der Waals surface area contributed by atoms with Crippen LogP contribution in [0.4, 0.5) is 0 Å². The van der Waals surface area contributed by atoms with Gasteiger partial charge in [-0.15, -0.1) is 0 Å². The minimum absolute atomic E-state index is 0.0216. The van der Waals surface area contributed by atoms with Gasteiger partial charge in [0.2, 0.25) is 0 Å². The van der Waals surface area contributed by atoms with Gasteiger partial charge in [0.1, 0.15) is 11.5 Å². The molecule has 0 aliphatic rings. The van der Waals surface area contributed by atoms with Gasteiger partial charge in [0.05, 0.1) is 5.56 Å². The van der Waals surface area contributed by atoms with E-state index in [9.17, 15) is 4.79 Å². The normalized spacial score (nSPS) is 10.4. The third-order valence-electron chi connectivity index (χ3n) is 2.38. The third-order valence-corrected chi connectivity index (χ3v) is 3.15. The SMILES string of the molecule is Cc1oc(C)c(C(=O)NCCCI)c1C. The van der Waals surface area contributed by atoms with Crippen molar-refractivity contribution in [1.29, 1.82) is 0 Å². The molecule has 0 radical (unpaired) electrons. The Hall–Kier alpha value is -0.520. The Morgan fingerprint density at radius 1 is 1.33 bits per heavy atom. The van der Waals surface area contributed by atoms with Crippen LogP contribution < -0.4 is 5.32 Å². The van der Waals surface area contributed by atoms with E-state index >= 15 is 0 Å². The van der Waals surface area contributed by atoms with Crippen molar-refractivity contribution in [1.82, 2.24) is 5.32 Å². The Morgan fingerprint density at radius 3 is 2.47 bits per heavy atom. The third kappa shape index (κ3) is 2.96. The maximum absolute atomic E-state index is 11.8. The second-order valence-electron chi connectivity index (χ2n) is 3.51. The van der Waals surface area contributed by atoms with Gasteiger partial charge in [-0.1, -0.05) is 22.6 Å². The Morgan fingerprint density at radius 2 is 2.00 bits per heavy atom. The van der Waals surface area contributed by atoms with Crippen LogP contribution in [-0.4, -0.2) is 16.9 Å². The number of amides is 1. The lowest BCUT2D eigenvalue weighted by atomic mass is 10.1. The molecule has 0 bridgehead atoms. The molecule has 0 spiro atoms. The standard InChI is InChI=1S/C11H16INO2/c1-7-8(2)15-9(3)10(7)11(14)13-6-4-5-12/h4-6H2,1-3H3,(H,13,14). The van der Waals surface area contributed by atoms with Crippen molar-refractivity contribution in [3.63, 3.8) is 0 Å². The topological polar surface area (TPSA) is 42.2 Å². The summed E-state index contributed by atoms with van der Waals surface area (Å²) in [7, 11) is 0. The molecule has 4 heteroatoms. The molecular formula is C11H16INO2. The summed E-state index contributed by atoms with van der Waals surface area (Å²) in [6.07, 6.45) is 1.00. The molecule has 0 atom stereocenters. The van der Waals surface area contributed by atoms with Gasteiger partial charge in [0.25, 0.3) is 5.91 Å². The minimum atomic E-state index is -0.0216. The molecule has 0 unspecified atom stereocenters. The van der Waals surface area contributed by atoms with Crippen molar-refractivity contribution in [3.8, 4) is 0 Å². The van der Waals surface area contributed by atoms with E-state index in [2.05, 4.69) is 27.9 Å². The van der Waals surface area contributed by atoms with Crippen LogP contribution in [0.3, 0.4) is 0 Å². The van der Waals surface area contributed by atoms with Crippen LogP contribution in [0.1, 0.15) is 33.9 Å². The van der Waals surface area contributed by atoms with Crippen molar-refractivity contribution in [2.75, 3.05) is 11.0 Å². The van der Waals surface area contributed by atoms with Gasteiger partial charge in [0.15, 0.2) is 0 Å². The molecule has 1 amide bonds. The molecule has 0 fully saturated rings. The number of halogens is 1. The smallest absolute Gasteiger partial charge is 0.255 e. The first kappa shape index (κ1) is 12.5. The highest BCUT2D eigenvalue weighted by Gasteiger charge is 2.17. The summed E-state index contributed by atoms with van der Waals surface area (Å²) in [5.74, 6) is 1.51. The first-order valence-electron chi connectivity index (χ1n) is 4.98. The molecule has 1 aromatic heterocycles. The lowest BCUT2D eigenvalue weighted by molar-refractivity contribution is 0.0952. The Balaban J connectivity index is 2.73. The van der Waals surface area contributed by atoms with Crippen molar-refractivity contribution in [3.05, 3.63) is 22.6 Å². The second-order valence-corrected chi connectivity index (χ2v) is 4.59. The first-order chi connectivity index (χ1) is 7.07. The van der Waals surface area contributed by atoms with E-state index in [1.165, 1.54) is 0 Å². The number of carbonyl (C=O) groups is 1. The number of hydrogen-bond acceptors (Lipinski definition) is 2. The molecule has 1 heterocycles. The van der Waals surface area contributed by atoms with Crippen LogP contribution in [0.25, 0.3) is 0 Å². The van der Waals surface area contributed by atoms with Gasteiger partial charge in [-0.25, -0.2) is 0 Å². The average Bonchev–Trinajstić information content (AvgIpc) is 2.41. The van der Waals surface area contributed by atoms with E-state index in [4.69, 9.17) is 4.42 Å². The number of rotatable bonds is 4. The fourth-order valence-corrected chi connectivity index (χ4v) is 1.87. The predicted molar refractivity (Wildman–Crippen MR) is 68.8 cm³/mol. The van der Waals surface area contributed by atoms with Crippen LogP contribution in [0.2, 0.25) is 0 Å². The number of hydrogen-bond donors (Lipinski definition) is 1. The van der Waals surface area contributed by atoms with Gasteiger partial charge in [-0.3, -0.25) is 4.79 Å². The minimum Gasteiger partial charge on any atom is -0.466 e. The molecule has 15 heavy (non-hydrogen) atoms. The van der Waals surface area contributed by atoms with Gasteiger partial charge in [-0.05, 0) is 27.2 Å². The highest BCUT2D eigenvalue weighted by Crippen LogP contribution is 2.20. The predicted octanol–water partition coefficient (Wildman–Crippen LogP) is 2.76. The van der Waals surface area contributed by atoms with Gasteiger partial charge in [-0.2, -0.15) is 0 Å².